The van der Waals surface area contributed by atoms with Crippen LogP contribution in [0.3, 0.4) is 0 Å². The van der Waals surface area contributed by atoms with Gasteiger partial charge in [0.2, 0.25) is 5.91 Å². The molecule has 27 heavy (non-hydrogen) atoms. The fraction of sp³-hybridized carbons (Fsp3) is 0.333. The van der Waals surface area contributed by atoms with Gasteiger partial charge in [-0.25, -0.2) is 4.79 Å². The van der Waals surface area contributed by atoms with E-state index in [1.54, 1.807) is 16.9 Å². The zero-order valence-corrected chi connectivity index (χ0v) is 15.6. The van der Waals surface area contributed by atoms with E-state index in [0.717, 1.165) is 22.6 Å². The summed E-state index contributed by atoms with van der Waals surface area (Å²) in [5, 5.41) is 2.96. The van der Waals surface area contributed by atoms with Gasteiger partial charge in [0.05, 0.1) is 12.5 Å². The summed E-state index contributed by atoms with van der Waals surface area (Å²) < 4.78 is 5.15. The lowest BCUT2D eigenvalue weighted by Crippen LogP contribution is -2.44. The van der Waals surface area contributed by atoms with Crippen LogP contribution in [0.1, 0.15) is 17.5 Å². The van der Waals surface area contributed by atoms with E-state index in [2.05, 4.69) is 5.32 Å². The number of urea groups is 1. The summed E-state index contributed by atoms with van der Waals surface area (Å²) in [6, 6.07) is 15.3. The third kappa shape index (κ3) is 2.81. The molecule has 2 aliphatic rings. The first kappa shape index (κ1) is 17.4. The minimum atomic E-state index is -0.608. The highest BCUT2D eigenvalue weighted by atomic mass is 16.5. The molecule has 4 rings (SSSR count). The number of hydrogen-bond acceptors (Lipinski definition) is 3. The smallest absolute Gasteiger partial charge is 0.317 e. The van der Waals surface area contributed by atoms with Gasteiger partial charge < -0.3 is 19.9 Å². The molecule has 0 radical (unpaired) electrons. The van der Waals surface area contributed by atoms with Crippen LogP contribution >= 0.6 is 0 Å². The fourth-order valence-electron chi connectivity index (χ4n) is 4.13. The molecule has 0 aliphatic carbocycles. The largest absolute Gasteiger partial charge is 0.497 e. The predicted octanol–water partition coefficient (Wildman–Crippen LogP) is 2.52. The van der Waals surface area contributed by atoms with E-state index < -0.39 is 5.41 Å². The van der Waals surface area contributed by atoms with Crippen molar-refractivity contribution in [3.8, 4) is 5.75 Å². The van der Waals surface area contributed by atoms with Crippen LogP contribution in [0.4, 0.5) is 10.5 Å². The molecular formula is C21H23N3O3. The number of rotatable bonds is 3. The van der Waals surface area contributed by atoms with E-state index in [-0.39, 0.29) is 11.9 Å². The Hall–Kier alpha value is -3.02. The number of ether oxygens (including phenoxy) is 1. The lowest BCUT2D eigenvalue weighted by Gasteiger charge is -2.23. The van der Waals surface area contributed by atoms with Crippen molar-refractivity contribution in [3.63, 3.8) is 0 Å². The Labute approximate surface area is 158 Å². The highest BCUT2D eigenvalue weighted by Gasteiger charge is 2.54. The molecule has 0 bridgehead atoms. The standard InChI is InChI=1S/C21H23N3O3/c1-23-18-6-4-3-5-17(18)21(19(23)25)11-12-24(14-21)20(26)22-13-15-7-9-16(27-2)10-8-15/h3-10H,11-14H2,1-2H3,(H,22,26)/t21-/m1/s1. The number of carbonyl (C=O) groups is 2. The molecule has 6 heteroatoms. The van der Waals surface area contributed by atoms with Gasteiger partial charge in [0, 0.05) is 32.4 Å². The SMILES string of the molecule is COc1ccc(CNC(=O)N2CC[C@]3(C2)C(=O)N(C)c2ccccc23)cc1. The first-order valence-corrected chi connectivity index (χ1v) is 9.08. The van der Waals surface area contributed by atoms with Gasteiger partial charge >= 0.3 is 6.03 Å². The van der Waals surface area contributed by atoms with Gasteiger partial charge in [0.15, 0.2) is 0 Å². The van der Waals surface area contributed by atoms with Crippen molar-refractivity contribution in [2.75, 3.05) is 32.1 Å². The molecule has 1 spiro atoms. The van der Waals surface area contributed by atoms with E-state index in [9.17, 15) is 9.59 Å². The van der Waals surface area contributed by atoms with Crippen molar-refractivity contribution in [2.45, 2.75) is 18.4 Å². The molecule has 1 N–H and O–H groups in total. The van der Waals surface area contributed by atoms with Crippen LogP contribution in [0.15, 0.2) is 48.5 Å². The Morgan fingerprint density at radius 1 is 1.19 bits per heavy atom. The zero-order chi connectivity index (χ0) is 19.0. The summed E-state index contributed by atoms with van der Waals surface area (Å²) in [6.07, 6.45) is 0.656. The van der Waals surface area contributed by atoms with Crippen LogP contribution in [0.25, 0.3) is 0 Å². The van der Waals surface area contributed by atoms with Gasteiger partial charge in [-0.3, -0.25) is 4.79 Å². The first-order chi connectivity index (χ1) is 13.0. The minimum Gasteiger partial charge on any atom is -0.497 e. The molecule has 6 nitrogen and oxygen atoms in total. The van der Waals surface area contributed by atoms with Gasteiger partial charge in [-0.1, -0.05) is 30.3 Å². The van der Waals surface area contributed by atoms with Gasteiger partial charge in [0.1, 0.15) is 5.75 Å². The second-order valence-corrected chi connectivity index (χ2v) is 7.14. The van der Waals surface area contributed by atoms with Crippen molar-refractivity contribution in [1.29, 1.82) is 0 Å². The number of amides is 3. The maximum atomic E-state index is 12.9. The lowest BCUT2D eigenvalue weighted by molar-refractivity contribution is -0.122. The topological polar surface area (TPSA) is 61.9 Å². The van der Waals surface area contributed by atoms with Crippen molar-refractivity contribution in [1.82, 2.24) is 10.2 Å². The number of anilines is 1. The van der Waals surface area contributed by atoms with Crippen LogP contribution in [0, 0.1) is 0 Å². The summed E-state index contributed by atoms with van der Waals surface area (Å²) >= 11 is 0. The van der Waals surface area contributed by atoms with Gasteiger partial charge in [-0.2, -0.15) is 0 Å². The van der Waals surface area contributed by atoms with E-state index in [4.69, 9.17) is 4.74 Å². The second kappa shape index (κ2) is 6.61. The molecular weight excluding hydrogens is 342 g/mol. The fourth-order valence-corrected chi connectivity index (χ4v) is 4.13. The number of nitrogens with zero attached hydrogens (tertiary/aromatic N) is 2. The summed E-state index contributed by atoms with van der Waals surface area (Å²) in [4.78, 5) is 29.1. The number of carbonyl (C=O) groups excluding carboxylic acids is 2. The number of likely N-dealkylation sites (tertiary alicyclic amines) is 1. The number of hydrogen-bond donors (Lipinski definition) is 1. The Morgan fingerprint density at radius 3 is 2.67 bits per heavy atom. The number of likely N-dealkylation sites (N-methyl/N-ethyl adjacent to an activating group) is 1. The highest BCUT2D eigenvalue weighted by molar-refractivity contribution is 6.08. The molecule has 3 amide bonds. The minimum absolute atomic E-state index is 0.0779. The molecule has 1 saturated heterocycles. The predicted molar refractivity (Wildman–Crippen MR) is 103 cm³/mol. The van der Waals surface area contributed by atoms with Crippen molar-refractivity contribution >= 4 is 17.6 Å². The number of benzene rings is 2. The zero-order valence-electron chi connectivity index (χ0n) is 15.6. The average molecular weight is 365 g/mol. The summed E-state index contributed by atoms with van der Waals surface area (Å²) in [7, 11) is 3.43. The Kier molecular flexibility index (Phi) is 4.26. The third-order valence-electron chi connectivity index (χ3n) is 5.65. The Bertz CT molecular complexity index is 880. The van der Waals surface area contributed by atoms with E-state index >= 15 is 0 Å². The number of fused-ring (bicyclic) bond motifs is 2. The Morgan fingerprint density at radius 2 is 1.93 bits per heavy atom. The maximum Gasteiger partial charge on any atom is 0.317 e. The van der Waals surface area contributed by atoms with Crippen LogP contribution in [-0.2, 0) is 16.8 Å². The average Bonchev–Trinajstić information content (AvgIpc) is 3.25. The molecule has 0 aromatic heterocycles. The van der Waals surface area contributed by atoms with Crippen molar-refractivity contribution in [3.05, 3.63) is 59.7 Å². The molecule has 2 aromatic rings. The monoisotopic (exact) mass is 365 g/mol. The molecule has 1 fully saturated rings. The van der Waals surface area contributed by atoms with Gasteiger partial charge in [0.25, 0.3) is 0 Å². The normalized spacial score (nSPS) is 20.9. The summed E-state index contributed by atoms with van der Waals surface area (Å²) in [5.41, 5.74) is 2.37. The second-order valence-electron chi connectivity index (χ2n) is 7.14. The van der Waals surface area contributed by atoms with Crippen molar-refractivity contribution in [2.24, 2.45) is 0 Å². The van der Waals surface area contributed by atoms with Crippen LogP contribution in [-0.4, -0.2) is 44.1 Å². The maximum absolute atomic E-state index is 12.9. The molecule has 0 saturated carbocycles. The molecule has 2 aromatic carbocycles. The van der Waals surface area contributed by atoms with Gasteiger partial charge in [-0.15, -0.1) is 0 Å². The van der Waals surface area contributed by atoms with Crippen LogP contribution in [0.2, 0.25) is 0 Å². The quantitative estimate of drug-likeness (QED) is 0.909. The van der Waals surface area contributed by atoms with Crippen molar-refractivity contribution < 1.29 is 14.3 Å². The highest BCUT2D eigenvalue weighted by Crippen LogP contribution is 2.46. The molecule has 140 valence electrons. The molecule has 2 aliphatic heterocycles. The molecule has 2 heterocycles. The Balaban J connectivity index is 1.45. The van der Waals surface area contributed by atoms with E-state index in [0.29, 0.717) is 26.1 Å². The number of para-hydroxylation sites is 1. The van der Waals surface area contributed by atoms with Crippen LogP contribution < -0.4 is 15.0 Å². The lowest BCUT2D eigenvalue weighted by atomic mass is 9.81. The summed E-state index contributed by atoms with van der Waals surface area (Å²) in [6.45, 7) is 1.43. The van der Waals surface area contributed by atoms with E-state index in [1.165, 1.54) is 0 Å². The molecule has 1 atom stereocenters. The van der Waals surface area contributed by atoms with Gasteiger partial charge in [-0.05, 0) is 35.7 Å². The molecule has 0 unspecified atom stereocenters. The van der Waals surface area contributed by atoms with E-state index in [1.807, 2.05) is 55.6 Å². The summed E-state index contributed by atoms with van der Waals surface area (Å²) in [5.74, 6) is 0.864. The first-order valence-electron chi connectivity index (χ1n) is 9.08. The number of methoxy groups -OCH3 is 1. The number of nitrogens with one attached hydrogen (secondary N) is 1. The van der Waals surface area contributed by atoms with Crippen LogP contribution in [0.5, 0.6) is 5.75 Å². The third-order valence-corrected chi connectivity index (χ3v) is 5.65.